The molecule has 4 aromatic rings. The SMILES string of the molecule is Cc1ccc(-c2cc3c(N4CCC[C@H](C(=O)NCc5ccc(F)cc5Cl)C4)nccn3n2)cc1C. The Labute approximate surface area is 208 Å². The molecule has 1 fully saturated rings. The molecule has 2 aromatic carbocycles. The van der Waals surface area contributed by atoms with Crippen molar-refractivity contribution in [3.63, 3.8) is 0 Å². The number of aromatic nitrogens is 3. The third-order valence-electron chi connectivity index (χ3n) is 6.73. The molecule has 0 aliphatic carbocycles. The van der Waals surface area contributed by atoms with E-state index in [4.69, 9.17) is 16.7 Å². The zero-order valence-corrected chi connectivity index (χ0v) is 20.5. The molecule has 180 valence electrons. The molecule has 2 aromatic heterocycles. The number of nitrogens with one attached hydrogen (secondary N) is 1. The molecule has 0 bridgehead atoms. The number of carbonyl (C=O) groups excluding carboxylic acids is 1. The Morgan fingerprint density at radius 3 is 2.83 bits per heavy atom. The second kappa shape index (κ2) is 9.66. The molecule has 1 amide bonds. The third kappa shape index (κ3) is 4.86. The molecule has 1 saturated heterocycles. The van der Waals surface area contributed by atoms with Crippen molar-refractivity contribution in [1.82, 2.24) is 19.9 Å². The molecular weight excluding hydrogens is 465 g/mol. The van der Waals surface area contributed by atoms with Crippen molar-refractivity contribution in [2.45, 2.75) is 33.2 Å². The summed E-state index contributed by atoms with van der Waals surface area (Å²) in [4.78, 5) is 19.8. The Bertz CT molecular complexity index is 1400. The Morgan fingerprint density at radius 1 is 1.17 bits per heavy atom. The maximum atomic E-state index is 13.3. The molecule has 3 heterocycles. The highest BCUT2D eigenvalue weighted by Crippen LogP contribution is 2.29. The van der Waals surface area contributed by atoms with Gasteiger partial charge in [-0.15, -0.1) is 0 Å². The average molecular weight is 492 g/mol. The number of hydrogen-bond acceptors (Lipinski definition) is 4. The monoisotopic (exact) mass is 491 g/mol. The lowest BCUT2D eigenvalue weighted by molar-refractivity contribution is -0.125. The van der Waals surface area contributed by atoms with E-state index in [1.54, 1.807) is 12.3 Å². The van der Waals surface area contributed by atoms with Gasteiger partial charge in [-0.2, -0.15) is 5.10 Å². The number of aryl methyl sites for hydroxylation is 2. The highest BCUT2D eigenvalue weighted by molar-refractivity contribution is 6.31. The fraction of sp³-hybridized carbons (Fsp3) is 0.296. The van der Waals surface area contributed by atoms with Gasteiger partial charge in [0, 0.05) is 42.6 Å². The van der Waals surface area contributed by atoms with Crippen molar-refractivity contribution in [2.24, 2.45) is 5.92 Å². The molecule has 1 aliphatic heterocycles. The molecule has 1 aliphatic rings. The first-order chi connectivity index (χ1) is 16.9. The molecule has 35 heavy (non-hydrogen) atoms. The third-order valence-corrected chi connectivity index (χ3v) is 7.08. The van der Waals surface area contributed by atoms with Crippen LogP contribution in [0.25, 0.3) is 16.8 Å². The summed E-state index contributed by atoms with van der Waals surface area (Å²) in [5, 5.41) is 8.05. The van der Waals surface area contributed by atoms with Crippen LogP contribution in [0.2, 0.25) is 5.02 Å². The van der Waals surface area contributed by atoms with E-state index >= 15 is 0 Å². The Morgan fingerprint density at radius 2 is 2.03 bits per heavy atom. The normalized spacial score (nSPS) is 16.0. The summed E-state index contributed by atoms with van der Waals surface area (Å²) >= 11 is 6.10. The molecule has 8 heteroatoms. The molecule has 0 unspecified atom stereocenters. The second-order valence-corrected chi connectivity index (χ2v) is 9.56. The van der Waals surface area contributed by atoms with E-state index in [2.05, 4.69) is 53.3 Å². The van der Waals surface area contributed by atoms with Crippen LogP contribution in [0, 0.1) is 25.6 Å². The van der Waals surface area contributed by atoms with E-state index in [1.807, 2.05) is 10.7 Å². The highest BCUT2D eigenvalue weighted by atomic mass is 35.5. The predicted octanol–water partition coefficient (Wildman–Crippen LogP) is 5.34. The molecule has 1 N–H and O–H groups in total. The fourth-order valence-corrected chi connectivity index (χ4v) is 4.80. The van der Waals surface area contributed by atoms with Gasteiger partial charge in [0.1, 0.15) is 11.3 Å². The first kappa shape index (κ1) is 23.3. The Hall–Kier alpha value is -3.45. The van der Waals surface area contributed by atoms with Crippen LogP contribution in [-0.2, 0) is 11.3 Å². The van der Waals surface area contributed by atoms with Crippen molar-refractivity contribution in [3.05, 3.63) is 82.4 Å². The zero-order chi connectivity index (χ0) is 24.5. The number of benzene rings is 2. The van der Waals surface area contributed by atoms with Gasteiger partial charge in [0.05, 0.1) is 11.6 Å². The number of rotatable bonds is 5. The van der Waals surface area contributed by atoms with Crippen LogP contribution in [0.4, 0.5) is 10.2 Å². The quantitative estimate of drug-likeness (QED) is 0.409. The van der Waals surface area contributed by atoms with Gasteiger partial charge in [-0.05, 0) is 67.6 Å². The summed E-state index contributed by atoms with van der Waals surface area (Å²) in [6.07, 6.45) is 5.29. The van der Waals surface area contributed by atoms with Crippen LogP contribution >= 0.6 is 11.6 Å². The number of nitrogens with zero attached hydrogens (tertiary/aromatic N) is 4. The number of halogens is 2. The summed E-state index contributed by atoms with van der Waals surface area (Å²) in [6, 6.07) is 12.6. The fourth-order valence-electron chi connectivity index (χ4n) is 4.57. The number of piperidine rings is 1. The number of anilines is 1. The van der Waals surface area contributed by atoms with Crippen LogP contribution in [0.1, 0.15) is 29.5 Å². The summed E-state index contributed by atoms with van der Waals surface area (Å²) in [6.45, 7) is 5.86. The van der Waals surface area contributed by atoms with Crippen LogP contribution < -0.4 is 10.2 Å². The molecular formula is C27H27ClFN5O. The second-order valence-electron chi connectivity index (χ2n) is 9.15. The molecule has 0 spiro atoms. The number of carbonyl (C=O) groups is 1. The van der Waals surface area contributed by atoms with Gasteiger partial charge < -0.3 is 10.2 Å². The van der Waals surface area contributed by atoms with Crippen molar-refractivity contribution < 1.29 is 9.18 Å². The van der Waals surface area contributed by atoms with Gasteiger partial charge in [0.2, 0.25) is 5.91 Å². The lowest BCUT2D eigenvalue weighted by Crippen LogP contribution is -2.43. The van der Waals surface area contributed by atoms with E-state index in [9.17, 15) is 9.18 Å². The summed E-state index contributed by atoms with van der Waals surface area (Å²) < 4.78 is 15.1. The number of hydrogen-bond donors (Lipinski definition) is 1. The van der Waals surface area contributed by atoms with E-state index in [1.165, 1.54) is 23.3 Å². The minimum Gasteiger partial charge on any atom is -0.354 e. The molecule has 1 atom stereocenters. The van der Waals surface area contributed by atoms with Crippen molar-refractivity contribution in [1.29, 1.82) is 0 Å². The molecule has 0 saturated carbocycles. The number of amides is 1. The van der Waals surface area contributed by atoms with Gasteiger partial charge in [-0.3, -0.25) is 4.79 Å². The summed E-state index contributed by atoms with van der Waals surface area (Å²) in [5.74, 6) is 0.225. The topological polar surface area (TPSA) is 62.5 Å². The van der Waals surface area contributed by atoms with Crippen molar-refractivity contribution in [3.8, 4) is 11.3 Å². The lowest BCUT2D eigenvalue weighted by atomic mass is 9.97. The van der Waals surface area contributed by atoms with Gasteiger partial charge in [0.25, 0.3) is 0 Å². The minimum atomic E-state index is -0.393. The summed E-state index contributed by atoms with van der Waals surface area (Å²) in [7, 11) is 0. The van der Waals surface area contributed by atoms with Crippen LogP contribution in [0.15, 0.2) is 54.9 Å². The van der Waals surface area contributed by atoms with E-state index in [0.29, 0.717) is 17.1 Å². The van der Waals surface area contributed by atoms with Gasteiger partial charge in [-0.25, -0.2) is 13.9 Å². The van der Waals surface area contributed by atoms with Crippen LogP contribution in [0.5, 0.6) is 0 Å². The van der Waals surface area contributed by atoms with E-state index < -0.39 is 5.82 Å². The van der Waals surface area contributed by atoms with Crippen molar-refractivity contribution >= 4 is 28.8 Å². The van der Waals surface area contributed by atoms with Crippen LogP contribution in [-0.4, -0.2) is 33.6 Å². The van der Waals surface area contributed by atoms with Gasteiger partial charge in [0.15, 0.2) is 5.82 Å². The first-order valence-electron chi connectivity index (χ1n) is 11.8. The summed E-state index contributed by atoms with van der Waals surface area (Å²) in [5.41, 5.74) is 6.05. The molecule has 5 rings (SSSR count). The van der Waals surface area contributed by atoms with Gasteiger partial charge in [-0.1, -0.05) is 29.8 Å². The van der Waals surface area contributed by atoms with Crippen molar-refractivity contribution in [2.75, 3.05) is 18.0 Å². The Kier molecular flexibility index (Phi) is 6.43. The average Bonchev–Trinajstić information content (AvgIpc) is 3.29. The smallest absolute Gasteiger partial charge is 0.225 e. The van der Waals surface area contributed by atoms with E-state index in [-0.39, 0.29) is 18.4 Å². The van der Waals surface area contributed by atoms with Crippen LogP contribution in [0.3, 0.4) is 0 Å². The highest BCUT2D eigenvalue weighted by Gasteiger charge is 2.28. The lowest BCUT2D eigenvalue weighted by Gasteiger charge is -2.33. The number of fused-ring (bicyclic) bond motifs is 1. The van der Waals surface area contributed by atoms with E-state index in [0.717, 1.165) is 42.0 Å². The molecule has 6 nitrogen and oxygen atoms in total. The Balaban J connectivity index is 1.33. The minimum absolute atomic E-state index is 0.0358. The maximum absolute atomic E-state index is 13.3. The standard InChI is InChI=1S/C27H27ClFN5O/c1-17-5-6-19(12-18(17)2)24-14-25-26(30-9-11-34(25)32-24)33-10-3-4-21(16-33)27(35)31-15-20-7-8-22(29)13-23(20)28/h5-9,11-14,21H,3-4,10,15-16H2,1-2H3,(H,31,35)/t21-/m0/s1. The maximum Gasteiger partial charge on any atom is 0.225 e. The molecule has 0 radical (unpaired) electrons. The largest absolute Gasteiger partial charge is 0.354 e. The van der Waals surface area contributed by atoms with Gasteiger partial charge >= 0.3 is 0 Å². The zero-order valence-electron chi connectivity index (χ0n) is 19.8. The first-order valence-corrected chi connectivity index (χ1v) is 12.2. The predicted molar refractivity (Wildman–Crippen MR) is 136 cm³/mol.